The Balaban J connectivity index is 1.32. The van der Waals surface area contributed by atoms with Gasteiger partial charge in [0.1, 0.15) is 25.4 Å². The molecule has 14 heteroatoms. The monoisotopic (exact) mass is 679 g/mol. The highest BCUT2D eigenvalue weighted by molar-refractivity contribution is 6.09. The van der Waals surface area contributed by atoms with Gasteiger partial charge >= 0.3 is 12.1 Å². The van der Waals surface area contributed by atoms with Crippen LogP contribution in [0.1, 0.15) is 55.2 Å². The summed E-state index contributed by atoms with van der Waals surface area (Å²) in [6.45, 7) is 0.599. The van der Waals surface area contributed by atoms with E-state index in [4.69, 9.17) is 33.9 Å². The molecule has 0 saturated heterocycles. The van der Waals surface area contributed by atoms with Gasteiger partial charge in [-0.1, -0.05) is 30.3 Å². The van der Waals surface area contributed by atoms with Crippen LogP contribution in [0.15, 0.2) is 52.1 Å². The molecule has 0 bridgehead atoms. The lowest BCUT2D eigenvalue weighted by molar-refractivity contribution is -0.150. The molecule has 2 unspecified atom stereocenters. The molecule has 2 aromatic carbocycles. The minimum absolute atomic E-state index is 0.00651. The average Bonchev–Trinajstić information content (AvgIpc) is 3.56. The molecule has 2 aliphatic carbocycles. The number of esters is 1. The fraction of sp³-hybridized carbons (Fsp3) is 0.486. The number of carbonyl (C=O) groups excluding carboxylic acids is 2. The van der Waals surface area contributed by atoms with Crippen molar-refractivity contribution in [3.05, 3.63) is 58.7 Å². The number of rotatable bonds is 14. The van der Waals surface area contributed by atoms with Crippen LogP contribution in [0.3, 0.4) is 0 Å². The topological polar surface area (TPSA) is 182 Å². The smallest absolute Gasteiger partial charge is 0.408 e. The molecule has 2 aromatic rings. The van der Waals surface area contributed by atoms with Crippen molar-refractivity contribution in [1.29, 1.82) is 0 Å². The van der Waals surface area contributed by atoms with Crippen molar-refractivity contribution in [3.8, 4) is 17.2 Å². The van der Waals surface area contributed by atoms with Gasteiger partial charge in [0.2, 0.25) is 11.7 Å². The van der Waals surface area contributed by atoms with Gasteiger partial charge in [-0.2, -0.15) is 5.10 Å². The Hall–Kier alpha value is -4.82. The second-order valence-electron chi connectivity index (χ2n) is 11.8. The van der Waals surface area contributed by atoms with Crippen molar-refractivity contribution in [1.82, 2.24) is 16.1 Å². The molecule has 14 nitrogen and oxygen atoms in total. The first kappa shape index (κ1) is 35.5. The molecule has 0 spiro atoms. The summed E-state index contributed by atoms with van der Waals surface area (Å²) in [4.78, 5) is 30.1. The largest absolute Gasteiger partial charge is 0.492 e. The summed E-state index contributed by atoms with van der Waals surface area (Å²) in [6, 6.07) is 9.90. The number of nitrogens with zero attached hydrogens (tertiary/aromatic N) is 2. The highest BCUT2D eigenvalue weighted by Gasteiger charge is 2.32. The molecule has 1 aliphatic heterocycles. The van der Waals surface area contributed by atoms with Crippen LogP contribution in [0.4, 0.5) is 4.79 Å². The molecule has 2 atom stereocenters. The standard InChI is InChI=1S/C35H45N5O9/c1-45-31-29(47-17-14-28(33(43)48-21-24(42)19-41)38-35(44)49-20-22-8-4-3-5-9-22)18-23-12-13-27(39-40-34-36-15-7-16-37-34)25-10-6-11-26(25)30(23)32(31)46-2/h3-5,8-9,18,24,28,41-42H,6-7,10-17,19-21H2,1-2H3,(H,38,44)(H2,36,37,40)/b39-27-. The summed E-state index contributed by atoms with van der Waals surface area (Å²) in [5.41, 5.74) is 9.29. The van der Waals surface area contributed by atoms with Crippen LogP contribution in [0.5, 0.6) is 17.2 Å². The summed E-state index contributed by atoms with van der Waals surface area (Å²) in [7, 11) is 3.15. The number of aryl methyl sites for hydroxylation is 1. The third-order valence-electron chi connectivity index (χ3n) is 8.47. The van der Waals surface area contributed by atoms with Gasteiger partial charge in [-0.05, 0) is 66.9 Å². The maximum Gasteiger partial charge on any atom is 0.408 e. The number of alkyl carbamates (subject to hydrolysis) is 1. The molecule has 5 N–H and O–H groups in total. The first-order valence-corrected chi connectivity index (χ1v) is 16.6. The van der Waals surface area contributed by atoms with Gasteiger partial charge in [0.25, 0.3) is 0 Å². The molecule has 5 rings (SSSR count). The molecule has 3 aliphatic rings. The molecule has 1 amide bonds. The minimum atomic E-state index is -1.25. The fourth-order valence-electron chi connectivity index (χ4n) is 6.06. The van der Waals surface area contributed by atoms with E-state index >= 15 is 0 Å². The number of methoxy groups -OCH3 is 2. The van der Waals surface area contributed by atoms with Crippen LogP contribution in [-0.2, 0) is 27.3 Å². The number of hydrogen-bond donors (Lipinski definition) is 5. The highest BCUT2D eigenvalue weighted by atomic mass is 16.6. The second kappa shape index (κ2) is 17.5. The number of carbonyl (C=O) groups is 2. The van der Waals surface area contributed by atoms with Crippen LogP contribution < -0.4 is 30.3 Å². The molecular formula is C35H45N5O9. The number of benzene rings is 2. The van der Waals surface area contributed by atoms with E-state index in [1.54, 1.807) is 14.2 Å². The molecule has 0 aromatic heterocycles. The first-order chi connectivity index (χ1) is 23.9. The Morgan fingerprint density at radius 2 is 1.82 bits per heavy atom. The Bertz CT molecular complexity index is 1560. The SMILES string of the molecule is COc1c(OCCC(NC(=O)OCc2ccccc2)C(=O)OCC(O)CO)cc2c(c1OC)C1=C(CCC1)/C(=N\NC1=NCCCN1)CC2. The zero-order chi connectivity index (χ0) is 34.6. The van der Waals surface area contributed by atoms with Crippen LogP contribution >= 0.6 is 0 Å². The zero-order valence-corrected chi connectivity index (χ0v) is 28.0. The second-order valence-corrected chi connectivity index (χ2v) is 11.8. The maximum atomic E-state index is 12.9. The number of allylic oxidation sites excluding steroid dienone is 2. The number of guanidine groups is 1. The molecule has 1 heterocycles. The lowest BCUT2D eigenvalue weighted by atomic mass is 9.95. The summed E-state index contributed by atoms with van der Waals surface area (Å²) >= 11 is 0. The van der Waals surface area contributed by atoms with E-state index < -0.39 is 37.4 Å². The van der Waals surface area contributed by atoms with E-state index in [1.165, 1.54) is 11.1 Å². The number of aliphatic hydroxyl groups is 2. The van der Waals surface area contributed by atoms with E-state index in [-0.39, 0.29) is 19.6 Å². The van der Waals surface area contributed by atoms with Gasteiger partial charge < -0.3 is 44.5 Å². The highest BCUT2D eigenvalue weighted by Crippen LogP contribution is 2.50. The summed E-state index contributed by atoms with van der Waals surface area (Å²) < 4.78 is 28.4. The summed E-state index contributed by atoms with van der Waals surface area (Å²) in [6.07, 6.45) is 3.09. The van der Waals surface area contributed by atoms with Gasteiger partial charge in [-0.3, -0.25) is 4.99 Å². The Morgan fingerprint density at radius 3 is 2.55 bits per heavy atom. The third kappa shape index (κ3) is 9.21. The van der Waals surface area contributed by atoms with E-state index in [0.29, 0.717) is 36.0 Å². The quantitative estimate of drug-likeness (QED) is 0.146. The van der Waals surface area contributed by atoms with E-state index in [9.17, 15) is 14.7 Å². The van der Waals surface area contributed by atoms with Crippen LogP contribution in [0, 0.1) is 0 Å². The lowest BCUT2D eigenvalue weighted by Gasteiger charge is -2.22. The molecule has 49 heavy (non-hydrogen) atoms. The van der Waals surface area contributed by atoms with Gasteiger partial charge in [-0.15, -0.1) is 0 Å². The van der Waals surface area contributed by atoms with Gasteiger partial charge in [0.05, 0.1) is 33.1 Å². The minimum Gasteiger partial charge on any atom is -0.492 e. The number of aliphatic imine (C=N–C) groups is 1. The van der Waals surface area contributed by atoms with E-state index in [0.717, 1.165) is 61.2 Å². The van der Waals surface area contributed by atoms with Crippen LogP contribution in [0.2, 0.25) is 0 Å². The fourth-order valence-corrected chi connectivity index (χ4v) is 6.06. The van der Waals surface area contributed by atoms with E-state index in [2.05, 4.69) is 21.1 Å². The van der Waals surface area contributed by atoms with Gasteiger partial charge in [0, 0.05) is 25.1 Å². The molecule has 0 saturated carbocycles. The maximum absolute atomic E-state index is 12.9. The van der Waals surface area contributed by atoms with Crippen molar-refractivity contribution in [2.24, 2.45) is 10.1 Å². The number of nitrogens with one attached hydrogen (secondary N) is 3. The molecule has 0 fully saturated rings. The Morgan fingerprint density at radius 1 is 1.02 bits per heavy atom. The first-order valence-electron chi connectivity index (χ1n) is 16.6. The number of ether oxygens (including phenoxy) is 5. The number of fused-ring (bicyclic) bond motifs is 2. The lowest BCUT2D eigenvalue weighted by Crippen LogP contribution is -2.43. The van der Waals surface area contributed by atoms with Crippen molar-refractivity contribution in [2.45, 2.75) is 63.7 Å². The third-order valence-corrected chi connectivity index (χ3v) is 8.47. The molecular weight excluding hydrogens is 634 g/mol. The summed E-state index contributed by atoms with van der Waals surface area (Å²) in [5.74, 6) is 1.27. The van der Waals surface area contributed by atoms with Gasteiger partial charge in [-0.25, -0.2) is 15.0 Å². The van der Waals surface area contributed by atoms with Crippen LogP contribution in [-0.4, -0.2) is 93.2 Å². The summed E-state index contributed by atoms with van der Waals surface area (Å²) in [5, 5.41) is 29.4. The predicted octanol–water partition coefficient (Wildman–Crippen LogP) is 2.84. The van der Waals surface area contributed by atoms with Crippen molar-refractivity contribution >= 4 is 29.3 Å². The van der Waals surface area contributed by atoms with E-state index in [1.807, 2.05) is 36.4 Å². The molecule has 0 radical (unpaired) electrons. The van der Waals surface area contributed by atoms with Crippen molar-refractivity contribution < 1.29 is 43.5 Å². The van der Waals surface area contributed by atoms with Gasteiger partial charge in [0.15, 0.2) is 11.5 Å². The zero-order valence-electron chi connectivity index (χ0n) is 28.0. The Kier molecular flexibility index (Phi) is 12.7. The number of hydrogen-bond acceptors (Lipinski definition) is 13. The predicted molar refractivity (Wildman–Crippen MR) is 182 cm³/mol. The van der Waals surface area contributed by atoms with Crippen molar-refractivity contribution in [3.63, 3.8) is 0 Å². The normalized spacial score (nSPS) is 17.4. The molecule has 264 valence electrons. The van der Waals surface area contributed by atoms with Crippen LogP contribution in [0.25, 0.3) is 5.57 Å². The number of amides is 1. The van der Waals surface area contributed by atoms with Crippen molar-refractivity contribution in [2.75, 3.05) is 47.1 Å². The Labute approximate surface area is 285 Å². The average molecular weight is 680 g/mol. The number of hydrazone groups is 1. The number of aliphatic hydroxyl groups excluding tert-OH is 2.